The lowest BCUT2D eigenvalue weighted by Crippen LogP contribution is -2.12. The lowest BCUT2D eigenvalue weighted by atomic mass is 10.2. The maximum Gasteiger partial charge on any atom is 0.130 e. The maximum atomic E-state index is 4.32. The molecule has 2 heterocycles. The van der Waals surface area contributed by atoms with Crippen molar-refractivity contribution in [2.24, 2.45) is 7.05 Å². The topological polar surface area (TPSA) is 42.7 Å². The highest BCUT2D eigenvalue weighted by atomic mass is 15.1. The Morgan fingerprint density at radius 1 is 1.38 bits per heavy atom. The third kappa shape index (κ3) is 2.05. The molecular formula is C12H16N4. The van der Waals surface area contributed by atoms with Crippen LogP contribution >= 0.6 is 0 Å². The van der Waals surface area contributed by atoms with Gasteiger partial charge in [-0.1, -0.05) is 0 Å². The summed E-state index contributed by atoms with van der Waals surface area (Å²) < 4.78 is 2.02. The Bertz CT molecular complexity index is 475. The molecular weight excluding hydrogens is 200 g/mol. The third-order valence-corrected chi connectivity index (χ3v) is 2.66. The van der Waals surface area contributed by atoms with E-state index in [1.54, 1.807) is 6.20 Å². The van der Waals surface area contributed by atoms with Crippen molar-refractivity contribution >= 4 is 5.69 Å². The van der Waals surface area contributed by atoms with Gasteiger partial charge in [0.25, 0.3) is 0 Å². The summed E-state index contributed by atoms with van der Waals surface area (Å²) in [5.74, 6) is 1.02. The van der Waals surface area contributed by atoms with Gasteiger partial charge in [-0.25, -0.2) is 4.98 Å². The molecule has 0 aliphatic carbocycles. The number of rotatable bonds is 3. The molecule has 2 aromatic rings. The van der Waals surface area contributed by atoms with E-state index in [1.807, 2.05) is 36.3 Å². The van der Waals surface area contributed by atoms with Crippen LogP contribution in [0.15, 0.2) is 30.9 Å². The number of hydrogen-bond acceptors (Lipinski definition) is 3. The van der Waals surface area contributed by atoms with Gasteiger partial charge in [-0.05, 0) is 25.5 Å². The van der Waals surface area contributed by atoms with Crippen molar-refractivity contribution in [2.75, 3.05) is 5.32 Å². The molecule has 1 unspecified atom stereocenters. The molecule has 1 N–H and O–H groups in total. The zero-order valence-corrected chi connectivity index (χ0v) is 9.81. The first kappa shape index (κ1) is 10.7. The minimum Gasteiger partial charge on any atom is -0.374 e. The van der Waals surface area contributed by atoms with E-state index in [0.717, 1.165) is 11.5 Å². The van der Waals surface area contributed by atoms with Crippen molar-refractivity contribution < 1.29 is 0 Å². The highest BCUT2D eigenvalue weighted by Gasteiger charge is 2.10. The number of nitrogens with zero attached hydrogens (tertiary/aromatic N) is 3. The maximum absolute atomic E-state index is 4.32. The fourth-order valence-electron chi connectivity index (χ4n) is 1.71. The fourth-order valence-corrected chi connectivity index (χ4v) is 1.71. The van der Waals surface area contributed by atoms with Crippen LogP contribution in [0.2, 0.25) is 0 Å². The number of pyridine rings is 1. The van der Waals surface area contributed by atoms with Crippen LogP contribution in [-0.2, 0) is 7.05 Å². The highest BCUT2D eigenvalue weighted by Crippen LogP contribution is 2.19. The Hall–Kier alpha value is -1.84. The summed E-state index contributed by atoms with van der Waals surface area (Å²) in [5, 5.41) is 3.41. The minimum atomic E-state index is 0.169. The Morgan fingerprint density at radius 2 is 2.19 bits per heavy atom. The fraction of sp³-hybridized carbons (Fsp3) is 0.333. The van der Waals surface area contributed by atoms with E-state index >= 15 is 0 Å². The van der Waals surface area contributed by atoms with Gasteiger partial charge in [0.05, 0.1) is 17.9 Å². The molecule has 16 heavy (non-hydrogen) atoms. The number of aryl methyl sites for hydroxylation is 2. The van der Waals surface area contributed by atoms with Gasteiger partial charge in [0, 0.05) is 25.6 Å². The first-order valence-corrected chi connectivity index (χ1v) is 5.33. The van der Waals surface area contributed by atoms with E-state index in [1.165, 1.54) is 5.56 Å². The monoisotopic (exact) mass is 216 g/mol. The zero-order chi connectivity index (χ0) is 11.5. The third-order valence-electron chi connectivity index (χ3n) is 2.66. The van der Waals surface area contributed by atoms with E-state index in [2.05, 4.69) is 29.1 Å². The standard InChI is InChI=1S/C12H16N4/c1-9-4-5-13-8-11(9)15-10(2)12-14-6-7-16(12)3/h4-8,10,15H,1-3H3. The first-order valence-electron chi connectivity index (χ1n) is 5.33. The second kappa shape index (κ2) is 4.35. The molecule has 4 heteroatoms. The first-order chi connectivity index (χ1) is 7.68. The molecule has 0 fully saturated rings. The Balaban J connectivity index is 2.17. The van der Waals surface area contributed by atoms with Crippen LogP contribution in [-0.4, -0.2) is 14.5 Å². The van der Waals surface area contributed by atoms with Crippen LogP contribution in [0.1, 0.15) is 24.4 Å². The van der Waals surface area contributed by atoms with Crippen LogP contribution in [0, 0.1) is 6.92 Å². The smallest absolute Gasteiger partial charge is 0.130 e. The largest absolute Gasteiger partial charge is 0.374 e. The predicted molar refractivity (Wildman–Crippen MR) is 64.2 cm³/mol. The van der Waals surface area contributed by atoms with Crippen molar-refractivity contribution in [3.8, 4) is 0 Å². The minimum absolute atomic E-state index is 0.169. The van der Waals surface area contributed by atoms with Gasteiger partial charge in [-0.2, -0.15) is 0 Å². The van der Waals surface area contributed by atoms with Crippen molar-refractivity contribution in [1.29, 1.82) is 0 Å². The van der Waals surface area contributed by atoms with E-state index < -0.39 is 0 Å². The molecule has 0 saturated carbocycles. The van der Waals surface area contributed by atoms with Crippen LogP contribution in [0.25, 0.3) is 0 Å². The highest BCUT2D eigenvalue weighted by molar-refractivity contribution is 5.49. The Labute approximate surface area is 95.4 Å². The summed E-state index contributed by atoms with van der Waals surface area (Å²) in [6, 6.07) is 2.16. The zero-order valence-electron chi connectivity index (χ0n) is 9.81. The van der Waals surface area contributed by atoms with Gasteiger partial charge < -0.3 is 9.88 Å². The summed E-state index contributed by atoms with van der Waals surface area (Å²) in [6.07, 6.45) is 7.40. The van der Waals surface area contributed by atoms with Crippen molar-refractivity contribution in [3.05, 3.63) is 42.2 Å². The summed E-state index contributed by atoms with van der Waals surface area (Å²) >= 11 is 0. The van der Waals surface area contributed by atoms with Gasteiger partial charge in [0.15, 0.2) is 0 Å². The lowest BCUT2D eigenvalue weighted by molar-refractivity contribution is 0.720. The summed E-state index contributed by atoms with van der Waals surface area (Å²) in [7, 11) is 2.00. The normalized spacial score (nSPS) is 12.4. The van der Waals surface area contributed by atoms with Gasteiger partial charge >= 0.3 is 0 Å². The molecule has 0 radical (unpaired) electrons. The molecule has 0 aliphatic heterocycles. The summed E-state index contributed by atoms with van der Waals surface area (Å²) in [4.78, 5) is 8.43. The Kier molecular flexibility index (Phi) is 2.90. The number of imidazole rings is 1. The molecule has 2 aromatic heterocycles. The number of nitrogens with one attached hydrogen (secondary N) is 1. The van der Waals surface area contributed by atoms with Crippen LogP contribution < -0.4 is 5.32 Å². The second-order valence-corrected chi connectivity index (χ2v) is 3.95. The molecule has 84 valence electrons. The van der Waals surface area contributed by atoms with Gasteiger partial charge in [-0.15, -0.1) is 0 Å². The van der Waals surface area contributed by atoms with E-state index in [4.69, 9.17) is 0 Å². The molecule has 1 atom stereocenters. The van der Waals surface area contributed by atoms with Crippen LogP contribution in [0.4, 0.5) is 5.69 Å². The quantitative estimate of drug-likeness (QED) is 0.856. The molecule has 4 nitrogen and oxygen atoms in total. The Morgan fingerprint density at radius 3 is 2.81 bits per heavy atom. The van der Waals surface area contributed by atoms with E-state index in [-0.39, 0.29) is 6.04 Å². The molecule has 0 spiro atoms. The van der Waals surface area contributed by atoms with Crippen molar-refractivity contribution in [2.45, 2.75) is 19.9 Å². The van der Waals surface area contributed by atoms with Gasteiger partial charge in [-0.3, -0.25) is 4.98 Å². The molecule has 0 bridgehead atoms. The average molecular weight is 216 g/mol. The van der Waals surface area contributed by atoms with Crippen molar-refractivity contribution in [1.82, 2.24) is 14.5 Å². The van der Waals surface area contributed by atoms with Crippen molar-refractivity contribution in [3.63, 3.8) is 0 Å². The van der Waals surface area contributed by atoms with Crippen LogP contribution in [0.3, 0.4) is 0 Å². The van der Waals surface area contributed by atoms with E-state index in [9.17, 15) is 0 Å². The van der Waals surface area contributed by atoms with Gasteiger partial charge in [0.1, 0.15) is 5.82 Å². The molecule has 0 aliphatic rings. The SMILES string of the molecule is Cc1ccncc1NC(C)c1nccn1C. The predicted octanol–water partition coefficient (Wildman–Crippen LogP) is 2.30. The summed E-state index contributed by atoms with van der Waals surface area (Å²) in [6.45, 7) is 4.16. The average Bonchev–Trinajstić information content (AvgIpc) is 2.68. The molecule has 0 amide bonds. The number of aromatic nitrogens is 3. The van der Waals surface area contributed by atoms with Gasteiger partial charge in [0.2, 0.25) is 0 Å². The lowest BCUT2D eigenvalue weighted by Gasteiger charge is -2.16. The van der Waals surface area contributed by atoms with E-state index in [0.29, 0.717) is 0 Å². The van der Waals surface area contributed by atoms with Crippen LogP contribution in [0.5, 0.6) is 0 Å². The second-order valence-electron chi connectivity index (χ2n) is 3.95. The number of anilines is 1. The number of hydrogen-bond donors (Lipinski definition) is 1. The molecule has 2 rings (SSSR count). The molecule has 0 aromatic carbocycles. The summed E-state index contributed by atoms with van der Waals surface area (Å²) in [5.41, 5.74) is 2.24. The molecule has 0 saturated heterocycles.